The summed E-state index contributed by atoms with van der Waals surface area (Å²) in [6.07, 6.45) is 18.4. The zero-order valence-electron chi connectivity index (χ0n) is 58.3. The lowest BCUT2D eigenvalue weighted by atomic mass is 10.00. The van der Waals surface area contributed by atoms with E-state index < -0.39 is 45.3 Å². The second-order valence-electron chi connectivity index (χ2n) is 24.1. The number of hydroxylamine groups is 1. The van der Waals surface area contributed by atoms with E-state index in [-0.39, 0.29) is 93.1 Å². The number of carbonyl (C=O) groups is 4. The molecule has 24 nitrogen and oxygen atoms in total. The fourth-order valence-corrected chi connectivity index (χ4v) is 14.1. The molecule has 4 aromatic heterocycles. The van der Waals surface area contributed by atoms with E-state index in [0.717, 1.165) is 63.8 Å². The average Bonchev–Trinajstić information content (AvgIpc) is 0.948. The van der Waals surface area contributed by atoms with Crippen LogP contribution in [0.15, 0.2) is 181 Å². The van der Waals surface area contributed by atoms with Gasteiger partial charge in [-0.1, -0.05) is 113 Å². The molecule has 33 heteroatoms. The van der Waals surface area contributed by atoms with Crippen molar-refractivity contribution in [2.24, 2.45) is 16.8 Å². The van der Waals surface area contributed by atoms with Crippen molar-refractivity contribution in [1.82, 2.24) is 20.2 Å². The number of aryl methyl sites for hydroxylation is 1. The minimum Gasteiger partial charge on any atom is -0.618 e. The van der Waals surface area contributed by atoms with E-state index >= 15 is 0 Å². The van der Waals surface area contributed by atoms with Gasteiger partial charge in [0.1, 0.15) is 11.1 Å². The number of pyridine rings is 4. The Labute approximate surface area is 650 Å². The van der Waals surface area contributed by atoms with Crippen LogP contribution in [0.3, 0.4) is 0 Å². The van der Waals surface area contributed by atoms with Gasteiger partial charge < -0.3 is 54.2 Å². The van der Waals surface area contributed by atoms with Gasteiger partial charge in [0.25, 0.3) is 17.7 Å². The molecule has 2 saturated carbocycles. The van der Waals surface area contributed by atoms with Crippen LogP contribution < -0.4 is 59.4 Å². The normalized spacial score (nSPS) is 12.9. The molecule has 2 aliphatic rings. The summed E-state index contributed by atoms with van der Waals surface area (Å²) in [6.45, 7) is -1.11. The van der Waals surface area contributed by atoms with Crippen LogP contribution in [0, 0.1) is 17.0 Å². The molecule has 2 aliphatic carbocycles. The molecule has 0 aliphatic heterocycles. The van der Waals surface area contributed by atoms with Crippen LogP contribution in [0.1, 0.15) is 107 Å². The van der Waals surface area contributed by atoms with E-state index in [9.17, 15) is 46.8 Å². The third-order valence-electron chi connectivity index (χ3n) is 16.6. The third-order valence-corrected chi connectivity index (χ3v) is 20.6. The first-order chi connectivity index (χ1) is 51.8. The molecule has 2 fully saturated rings. The number of nitrogens with one attached hydrogen (secondary N) is 3. The first kappa shape index (κ1) is 83.9. The van der Waals surface area contributed by atoms with Crippen LogP contribution in [-0.4, -0.2) is 103 Å². The number of hydrogen-bond acceptors (Lipinski definition) is 18. The summed E-state index contributed by atoms with van der Waals surface area (Å²) in [5, 5.41) is 35.4. The Kier molecular flexibility index (Phi) is 31.9. The average molecular weight is 1630 g/mol. The molecular formula is C75H74Cl6F2N8O16S. The lowest BCUT2D eigenvalue weighted by Gasteiger charge is -2.23. The molecule has 0 spiro atoms. The SMILES string of the molecule is COc1ccc(C(=O)N=c2c(Cl)cn(O)cc2Cl)cc1OCc1cccc[n+]1[O-].COc1ccc(C(=O)Nc2c(Cl)cncc2Cl)cc1OC1CCCC1.COc1ccc(S(=O)(=O)[C@H](CCCCc2ccccc2)[C@@H](C)C(=O)NO)cc1.O=C(Nc1c(Cl)cncc1Cl)c1ccc(OC(F)F)c(OCC2CC2)c1. The molecule has 0 radical (unpaired) electrons. The van der Waals surface area contributed by atoms with Crippen molar-refractivity contribution in [3.63, 3.8) is 0 Å². The maximum absolute atomic E-state index is 13.2. The summed E-state index contributed by atoms with van der Waals surface area (Å²) in [5.74, 6) is -0.363. The van der Waals surface area contributed by atoms with Gasteiger partial charge in [0.2, 0.25) is 11.6 Å². The van der Waals surface area contributed by atoms with Crippen molar-refractivity contribution in [2.45, 2.75) is 101 Å². The van der Waals surface area contributed by atoms with Crippen LogP contribution >= 0.6 is 69.6 Å². The minimum absolute atomic E-state index is 0.00223. The number of carbonyl (C=O) groups excluding carboxylic acids is 4. The van der Waals surface area contributed by atoms with Crippen LogP contribution in [0.2, 0.25) is 30.1 Å². The summed E-state index contributed by atoms with van der Waals surface area (Å²) < 4.78 is 90.1. The van der Waals surface area contributed by atoms with Gasteiger partial charge in [-0.05, 0) is 154 Å². The van der Waals surface area contributed by atoms with Gasteiger partial charge in [-0.25, -0.2) is 18.9 Å². The molecule has 5 N–H and O–H groups in total. The number of sulfone groups is 1. The molecule has 11 rings (SSSR count). The van der Waals surface area contributed by atoms with Crippen molar-refractivity contribution in [1.29, 1.82) is 0 Å². The first-order valence-corrected chi connectivity index (χ1v) is 37.1. The molecule has 0 unspecified atom stereocenters. The monoisotopic (exact) mass is 1620 g/mol. The number of anilines is 2. The van der Waals surface area contributed by atoms with Crippen molar-refractivity contribution in [2.75, 3.05) is 38.6 Å². The topological polar surface area (TPSA) is 314 Å². The highest BCUT2D eigenvalue weighted by molar-refractivity contribution is 7.92. The van der Waals surface area contributed by atoms with E-state index in [0.29, 0.717) is 74.8 Å². The number of unbranched alkanes of at least 4 members (excludes halogenated alkanes) is 1. The highest BCUT2D eigenvalue weighted by Gasteiger charge is 2.36. The maximum Gasteiger partial charge on any atom is 0.387 e. The van der Waals surface area contributed by atoms with E-state index in [2.05, 4.69) is 30.3 Å². The van der Waals surface area contributed by atoms with E-state index in [1.165, 1.54) is 100 Å². The van der Waals surface area contributed by atoms with E-state index in [1.54, 1.807) is 67.2 Å². The fourth-order valence-electron chi connectivity index (χ4n) is 10.6. The molecule has 4 amide bonds. The molecule has 572 valence electrons. The predicted molar refractivity (Wildman–Crippen MR) is 403 cm³/mol. The number of benzene rings is 5. The number of alkyl halides is 2. The molecule has 108 heavy (non-hydrogen) atoms. The lowest BCUT2D eigenvalue weighted by Crippen LogP contribution is -2.38. The van der Waals surface area contributed by atoms with Gasteiger partial charge >= 0.3 is 6.61 Å². The molecule has 0 saturated heterocycles. The highest BCUT2D eigenvalue weighted by atomic mass is 35.5. The van der Waals surface area contributed by atoms with E-state index in [1.807, 2.05) is 30.3 Å². The largest absolute Gasteiger partial charge is 0.618 e. The van der Waals surface area contributed by atoms with Gasteiger partial charge in [0.05, 0.1) is 104 Å². The summed E-state index contributed by atoms with van der Waals surface area (Å²) >= 11 is 36.0. The summed E-state index contributed by atoms with van der Waals surface area (Å²) in [5.41, 5.74) is 4.50. The number of nitrogens with zero attached hydrogens (tertiary/aromatic N) is 5. The Hall–Kier alpha value is -9.71. The molecule has 0 bridgehead atoms. The highest BCUT2D eigenvalue weighted by Crippen LogP contribution is 2.38. The Morgan fingerprint density at radius 1 is 0.648 bits per heavy atom. The van der Waals surface area contributed by atoms with E-state index in [4.69, 9.17) is 103 Å². The number of amides is 4. The van der Waals surface area contributed by atoms with Crippen LogP contribution in [0.4, 0.5) is 20.2 Å². The Morgan fingerprint density at radius 2 is 1.18 bits per heavy atom. The fraction of sp³-hybridized carbons (Fsp3) is 0.280. The van der Waals surface area contributed by atoms with Crippen LogP contribution in [0.5, 0.6) is 40.2 Å². The second-order valence-corrected chi connectivity index (χ2v) is 28.7. The molecule has 4 heterocycles. The molecule has 2 atom stereocenters. The van der Waals surface area contributed by atoms with Gasteiger partial charge in [0.15, 0.2) is 57.1 Å². The van der Waals surface area contributed by atoms with Gasteiger partial charge in [0, 0.05) is 53.6 Å². The van der Waals surface area contributed by atoms with Gasteiger partial charge in [-0.3, -0.25) is 34.4 Å². The summed E-state index contributed by atoms with van der Waals surface area (Å²) in [6, 6.07) is 34.5. The minimum atomic E-state index is -3.75. The third kappa shape index (κ3) is 24.4. The van der Waals surface area contributed by atoms with Crippen molar-refractivity contribution >= 4 is 114 Å². The zero-order valence-corrected chi connectivity index (χ0v) is 63.7. The predicted octanol–water partition coefficient (Wildman–Crippen LogP) is 16.4. The van der Waals surface area contributed by atoms with Crippen LogP contribution in [0.25, 0.3) is 0 Å². The Balaban J connectivity index is 0.000000182. The second kappa shape index (κ2) is 41.0. The summed E-state index contributed by atoms with van der Waals surface area (Å²) in [4.78, 5) is 61.3. The quantitative estimate of drug-likeness (QED) is 0.00797. The van der Waals surface area contributed by atoms with Crippen molar-refractivity contribution in [3.05, 3.63) is 239 Å². The summed E-state index contributed by atoms with van der Waals surface area (Å²) in [7, 11) is 0.787. The number of halogens is 8. The van der Waals surface area contributed by atoms with Gasteiger partial charge in [-0.15, -0.1) is 0 Å². The number of hydrogen-bond donors (Lipinski definition) is 5. The number of aromatic nitrogens is 4. The van der Waals surface area contributed by atoms with Crippen molar-refractivity contribution in [3.8, 4) is 40.2 Å². The van der Waals surface area contributed by atoms with Gasteiger partial charge in [-0.2, -0.15) is 18.2 Å². The maximum atomic E-state index is 13.2. The zero-order chi connectivity index (χ0) is 78.0. The standard InChI is InChI=1S/C21H27NO5S.C19H15Cl2N3O5.C18H18Cl2N2O3.C17H14Cl2F2N2O3/c1-16(21(23)22-24)20(11-7-6-10-17-8-4-3-5-9-17)28(25,26)19-14-12-18(27-2)13-15-19;1-28-16-6-5-12(8-17(16)29-11-13-4-2-3-7-24(13)27)19(25)22-18-14(20)9-23(26)10-15(18)21;1-24-15-7-6-11(8-16(15)25-12-4-2-3-5-12)18(23)22-17-13(19)9-21-10-14(17)20;18-11-6-22-7-12(19)15(11)23-16(24)10-3-4-13(26-17(20)21)14(5-10)25-8-9-1-2-9/h3-5,8-9,12-16,20,24H,6-7,10-11H2,1-2H3,(H,22,23);2-10,26H,11H2,1H3;6-10,12H,2-5H2,1H3,(H,21,22,23);3-7,9,17H,1-2,8H2,(H,22,23,24)/t16-,20-;;;/m1.../s1. The molecular weight excluding hydrogens is 1550 g/mol. The molecule has 5 aromatic carbocycles. The number of ether oxygens (including phenoxy) is 7. The Morgan fingerprint density at radius 3 is 1.71 bits per heavy atom. The van der Waals surface area contributed by atoms with Crippen molar-refractivity contribution < 1.29 is 84.7 Å². The first-order valence-electron chi connectivity index (χ1n) is 33.3. The smallest absolute Gasteiger partial charge is 0.387 e. The number of methoxy groups -OCH3 is 3. The lowest BCUT2D eigenvalue weighted by molar-refractivity contribution is -0.616. The van der Waals surface area contributed by atoms with Crippen LogP contribution in [-0.2, 0) is 27.7 Å². The Bertz CT molecular complexity index is 4690. The number of rotatable bonds is 27. The molecule has 9 aromatic rings.